The van der Waals surface area contributed by atoms with Gasteiger partial charge in [0.1, 0.15) is 11.5 Å². The number of benzene rings is 1. The molecule has 2 heterocycles. The Bertz CT molecular complexity index is 754. The standard InChI is InChI=1S/C15H15N5O/c16-7-9-1-3-11(4-2-9)14-19-15(21-20-14)12-8-17-13(18-12)10-5-6-10/h1-4,8,10H,5-7,16H2,(H,17,18). The number of H-pyrrole nitrogens is 1. The van der Waals surface area contributed by atoms with Crippen LogP contribution in [0.3, 0.4) is 0 Å². The number of hydrogen-bond donors (Lipinski definition) is 2. The van der Waals surface area contributed by atoms with Crippen molar-refractivity contribution in [3.05, 3.63) is 41.9 Å². The summed E-state index contributed by atoms with van der Waals surface area (Å²) < 4.78 is 5.32. The summed E-state index contributed by atoms with van der Waals surface area (Å²) in [5, 5.41) is 4.02. The quantitative estimate of drug-likeness (QED) is 0.766. The van der Waals surface area contributed by atoms with Crippen LogP contribution in [0.5, 0.6) is 0 Å². The third kappa shape index (κ3) is 2.34. The lowest BCUT2D eigenvalue weighted by molar-refractivity contribution is 0.431. The molecule has 6 heteroatoms. The zero-order chi connectivity index (χ0) is 14.2. The highest BCUT2D eigenvalue weighted by Gasteiger charge is 2.27. The highest BCUT2D eigenvalue weighted by Crippen LogP contribution is 2.38. The summed E-state index contributed by atoms with van der Waals surface area (Å²) in [7, 11) is 0. The van der Waals surface area contributed by atoms with E-state index in [4.69, 9.17) is 10.3 Å². The molecule has 106 valence electrons. The highest BCUT2D eigenvalue weighted by molar-refractivity contribution is 5.58. The van der Waals surface area contributed by atoms with Crippen LogP contribution in [0.25, 0.3) is 23.0 Å². The smallest absolute Gasteiger partial charge is 0.276 e. The molecule has 3 aromatic rings. The predicted molar refractivity (Wildman–Crippen MR) is 77.2 cm³/mol. The number of nitrogens with one attached hydrogen (secondary N) is 1. The zero-order valence-corrected chi connectivity index (χ0v) is 11.4. The zero-order valence-electron chi connectivity index (χ0n) is 11.4. The second-order valence-electron chi connectivity index (χ2n) is 5.28. The van der Waals surface area contributed by atoms with Gasteiger partial charge in [-0.25, -0.2) is 4.98 Å². The SMILES string of the molecule is NCc1ccc(-c2noc(-c3cnc(C4CC4)[nH]3)n2)cc1. The summed E-state index contributed by atoms with van der Waals surface area (Å²) in [5.41, 5.74) is 8.34. The van der Waals surface area contributed by atoms with Gasteiger partial charge in [0, 0.05) is 18.0 Å². The van der Waals surface area contributed by atoms with Crippen LogP contribution in [0.4, 0.5) is 0 Å². The first-order valence-electron chi connectivity index (χ1n) is 7.02. The Balaban J connectivity index is 1.61. The van der Waals surface area contributed by atoms with Crippen LogP contribution in [0, 0.1) is 0 Å². The van der Waals surface area contributed by atoms with Crippen LogP contribution in [0.15, 0.2) is 35.0 Å². The number of nitrogens with two attached hydrogens (primary N) is 1. The summed E-state index contributed by atoms with van der Waals surface area (Å²) >= 11 is 0. The first-order valence-corrected chi connectivity index (χ1v) is 7.02. The van der Waals surface area contributed by atoms with Crippen molar-refractivity contribution in [2.24, 2.45) is 5.73 Å². The fraction of sp³-hybridized carbons (Fsp3) is 0.267. The minimum Gasteiger partial charge on any atom is -0.338 e. The topological polar surface area (TPSA) is 93.6 Å². The van der Waals surface area contributed by atoms with Crippen LogP contribution in [0.2, 0.25) is 0 Å². The second-order valence-corrected chi connectivity index (χ2v) is 5.28. The average Bonchev–Trinajstić information content (AvgIpc) is 3.07. The van der Waals surface area contributed by atoms with Gasteiger partial charge in [-0.05, 0) is 18.4 Å². The molecule has 0 unspecified atom stereocenters. The van der Waals surface area contributed by atoms with Crippen LogP contribution in [-0.4, -0.2) is 20.1 Å². The molecule has 0 amide bonds. The van der Waals surface area contributed by atoms with Crippen LogP contribution >= 0.6 is 0 Å². The average molecular weight is 281 g/mol. The lowest BCUT2D eigenvalue weighted by Crippen LogP contribution is -1.95. The summed E-state index contributed by atoms with van der Waals surface area (Å²) in [6, 6.07) is 7.82. The van der Waals surface area contributed by atoms with E-state index in [0.717, 1.165) is 22.6 Å². The Kier molecular flexibility index (Phi) is 2.82. The maximum Gasteiger partial charge on any atom is 0.276 e. The molecule has 1 aliphatic rings. The molecule has 6 nitrogen and oxygen atoms in total. The molecule has 0 atom stereocenters. The molecule has 1 fully saturated rings. The van der Waals surface area contributed by atoms with Crippen molar-refractivity contribution in [2.75, 3.05) is 0 Å². The van der Waals surface area contributed by atoms with Gasteiger partial charge in [0.05, 0.1) is 6.20 Å². The fourth-order valence-corrected chi connectivity index (χ4v) is 2.25. The van der Waals surface area contributed by atoms with E-state index >= 15 is 0 Å². The first-order chi connectivity index (χ1) is 10.3. The molecule has 1 aromatic carbocycles. The van der Waals surface area contributed by atoms with Crippen LogP contribution in [-0.2, 0) is 6.54 Å². The van der Waals surface area contributed by atoms with Gasteiger partial charge in [0.2, 0.25) is 5.82 Å². The van der Waals surface area contributed by atoms with Crippen molar-refractivity contribution in [3.63, 3.8) is 0 Å². The molecule has 0 bridgehead atoms. The normalized spacial score (nSPS) is 14.5. The molecule has 3 N–H and O–H groups in total. The number of rotatable bonds is 4. The van der Waals surface area contributed by atoms with Crippen molar-refractivity contribution >= 4 is 0 Å². The molecular formula is C15H15N5O. The van der Waals surface area contributed by atoms with Gasteiger partial charge >= 0.3 is 0 Å². The maximum absolute atomic E-state index is 5.59. The molecule has 4 rings (SSSR count). The molecule has 0 aliphatic heterocycles. The third-order valence-electron chi connectivity index (χ3n) is 3.66. The fourth-order valence-electron chi connectivity index (χ4n) is 2.25. The summed E-state index contributed by atoms with van der Waals surface area (Å²) in [6.07, 6.45) is 4.16. The van der Waals surface area contributed by atoms with Gasteiger partial charge < -0.3 is 15.2 Å². The Morgan fingerprint density at radius 3 is 2.76 bits per heavy atom. The Morgan fingerprint density at radius 1 is 1.24 bits per heavy atom. The van der Waals surface area contributed by atoms with E-state index < -0.39 is 0 Å². The van der Waals surface area contributed by atoms with Crippen molar-refractivity contribution in [2.45, 2.75) is 25.3 Å². The molecule has 0 spiro atoms. The molecule has 0 saturated heterocycles. The van der Waals surface area contributed by atoms with E-state index in [1.165, 1.54) is 12.8 Å². The number of nitrogens with zero attached hydrogens (tertiary/aromatic N) is 3. The van der Waals surface area contributed by atoms with Crippen LogP contribution < -0.4 is 5.73 Å². The maximum atomic E-state index is 5.59. The van der Waals surface area contributed by atoms with Crippen molar-refractivity contribution in [1.82, 2.24) is 20.1 Å². The molecule has 1 saturated carbocycles. The first kappa shape index (κ1) is 12.3. The molecular weight excluding hydrogens is 266 g/mol. The summed E-state index contributed by atoms with van der Waals surface area (Å²) in [4.78, 5) is 12.0. The molecule has 1 aliphatic carbocycles. The number of hydrogen-bond acceptors (Lipinski definition) is 5. The van der Waals surface area contributed by atoms with Gasteiger partial charge in [0.15, 0.2) is 0 Å². The third-order valence-corrected chi connectivity index (χ3v) is 3.66. The van der Waals surface area contributed by atoms with Gasteiger partial charge in [0.25, 0.3) is 5.89 Å². The monoisotopic (exact) mass is 281 g/mol. The van der Waals surface area contributed by atoms with Crippen LogP contribution in [0.1, 0.15) is 30.1 Å². The van der Waals surface area contributed by atoms with Gasteiger partial charge in [-0.1, -0.05) is 29.4 Å². The largest absolute Gasteiger partial charge is 0.338 e. The Hall–Kier alpha value is -2.47. The minimum absolute atomic E-state index is 0.465. The lowest BCUT2D eigenvalue weighted by Gasteiger charge is -1.97. The van der Waals surface area contributed by atoms with Gasteiger partial charge in [-0.15, -0.1) is 0 Å². The number of imidazole rings is 1. The van der Waals surface area contributed by atoms with Crippen molar-refractivity contribution < 1.29 is 4.52 Å². The van der Waals surface area contributed by atoms with E-state index in [1.54, 1.807) is 6.20 Å². The molecule has 2 aromatic heterocycles. The lowest BCUT2D eigenvalue weighted by atomic mass is 10.1. The summed E-state index contributed by atoms with van der Waals surface area (Å²) in [6.45, 7) is 0.524. The minimum atomic E-state index is 0.465. The van der Waals surface area contributed by atoms with Crippen molar-refractivity contribution in [3.8, 4) is 23.0 Å². The van der Waals surface area contributed by atoms with E-state index in [2.05, 4.69) is 20.1 Å². The van der Waals surface area contributed by atoms with E-state index in [-0.39, 0.29) is 0 Å². The molecule has 21 heavy (non-hydrogen) atoms. The second kappa shape index (κ2) is 4.82. The summed E-state index contributed by atoms with van der Waals surface area (Å²) in [5.74, 6) is 2.62. The predicted octanol–water partition coefficient (Wildman–Crippen LogP) is 2.46. The highest BCUT2D eigenvalue weighted by atomic mass is 16.5. The van der Waals surface area contributed by atoms with E-state index in [9.17, 15) is 0 Å². The number of aromatic amines is 1. The van der Waals surface area contributed by atoms with E-state index in [1.807, 2.05) is 24.3 Å². The van der Waals surface area contributed by atoms with Gasteiger partial charge in [-0.2, -0.15) is 4.98 Å². The Morgan fingerprint density at radius 2 is 2.05 bits per heavy atom. The molecule has 0 radical (unpaired) electrons. The van der Waals surface area contributed by atoms with E-state index in [0.29, 0.717) is 24.2 Å². The van der Waals surface area contributed by atoms with Gasteiger partial charge in [-0.3, -0.25) is 0 Å². The number of aromatic nitrogens is 4. The van der Waals surface area contributed by atoms with Crippen molar-refractivity contribution in [1.29, 1.82) is 0 Å². The Labute approximate surface area is 121 Å².